The van der Waals surface area contributed by atoms with Crippen molar-refractivity contribution in [3.63, 3.8) is 0 Å². The number of amides is 1. The second-order valence-electron chi connectivity index (χ2n) is 5.96. The third-order valence-electron chi connectivity index (χ3n) is 3.84. The smallest absolute Gasteiger partial charge is 0.262 e. The SMILES string of the molecule is COCOc1ccc(CCCCNC(=O)/C(C#N)=C/c2cccc(Br)n2)cc1. The van der Waals surface area contributed by atoms with Gasteiger partial charge in [0.15, 0.2) is 6.79 Å². The molecule has 0 bridgehead atoms. The van der Waals surface area contributed by atoms with Gasteiger partial charge < -0.3 is 14.8 Å². The summed E-state index contributed by atoms with van der Waals surface area (Å²) in [5.74, 6) is 0.387. The average molecular weight is 444 g/mol. The molecule has 0 saturated carbocycles. The van der Waals surface area contributed by atoms with E-state index in [4.69, 9.17) is 9.47 Å². The van der Waals surface area contributed by atoms with Crippen molar-refractivity contribution in [2.75, 3.05) is 20.4 Å². The van der Waals surface area contributed by atoms with Crippen LogP contribution in [0.25, 0.3) is 6.08 Å². The van der Waals surface area contributed by atoms with E-state index in [1.807, 2.05) is 30.3 Å². The summed E-state index contributed by atoms with van der Waals surface area (Å²) in [4.78, 5) is 16.4. The van der Waals surface area contributed by atoms with Gasteiger partial charge in [-0.15, -0.1) is 0 Å². The zero-order chi connectivity index (χ0) is 20.2. The molecule has 0 fully saturated rings. The van der Waals surface area contributed by atoms with Crippen LogP contribution in [0.5, 0.6) is 5.75 Å². The standard InChI is InChI=1S/C21H22BrN3O3/c1-27-15-28-19-10-8-16(9-11-19)5-2-3-12-24-21(26)17(14-23)13-18-6-4-7-20(22)25-18/h4,6-11,13H,2-3,5,12,15H2,1H3,(H,24,26)/b17-13+. The number of nitrogens with zero attached hydrogens (tertiary/aromatic N) is 2. The van der Waals surface area contributed by atoms with Crippen LogP contribution in [0.4, 0.5) is 0 Å². The first-order valence-corrected chi connectivity index (χ1v) is 9.65. The number of unbranched alkanes of at least 4 members (excludes halogenated alkanes) is 1. The summed E-state index contributed by atoms with van der Waals surface area (Å²) in [5, 5.41) is 12.0. The van der Waals surface area contributed by atoms with Crippen LogP contribution >= 0.6 is 15.9 Å². The van der Waals surface area contributed by atoms with E-state index in [0.717, 1.165) is 25.0 Å². The van der Waals surface area contributed by atoms with Crippen LogP contribution in [0.2, 0.25) is 0 Å². The van der Waals surface area contributed by atoms with Gasteiger partial charge in [-0.3, -0.25) is 4.79 Å². The predicted octanol–water partition coefficient (Wildman–Crippen LogP) is 3.87. The predicted molar refractivity (Wildman–Crippen MR) is 110 cm³/mol. The number of ether oxygens (including phenoxy) is 2. The lowest BCUT2D eigenvalue weighted by Crippen LogP contribution is -2.25. The molecule has 0 spiro atoms. The number of hydrogen-bond donors (Lipinski definition) is 1. The lowest BCUT2D eigenvalue weighted by Gasteiger charge is -2.07. The van der Waals surface area contributed by atoms with Crippen LogP contribution in [0.15, 0.2) is 52.6 Å². The number of benzene rings is 1. The number of methoxy groups -OCH3 is 1. The van der Waals surface area contributed by atoms with Crippen molar-refractivity contribution in [1.29, 1.82) is 5.26 Å². The number of carbonyl (C=O) groups is 1. The summed E-state index contributed by atoms with van der Waals surface area (Å²) >= 11 is 3.27. The van der Waals surface area contributed by atoms with E-state index < -0.39 is 0 Å². The Bertz CT molecular complexity index is 845. The molecule has 1 aromatic heterocycles. The summed E-state index contributed by atoms with van der Waals surface area (Å²) in [6, 6.07) is 15.1. The molecular formula is C21H22BrN3O3. The van der Waals surface area contributed by atoms with E-state index in [9.17, 15) is 10.1 Å². The van der Waals surface area contributed by atoms with Crippen LogP contribution in [0.3, 0.4) is 0 Å². The quantitative estimate of drug-likeness (QED) is 0.198. The second-order valence-corrected chi connectivity index (χ2v) is 6.78. The van der Waals surface area contributed by atoms with Gasteiger partial charge in [0.1, 0.15) is 22.0 Å². The van der Waals surface area contributed by atoms with E-state index >= 15 is 0 Å². The Morgan fingerprint density at radius 3 is 2.71 bits per heavy atom. The zero-order valence-corrected chi connectivity index (χ0v) is 17.2. The van der Waals surface area contributed by atoms with Gasteiger partial charge in [-0.2, -0.15) is 5.26 Å². The van der Waals surface area contributed by atoms with E-state index in [1.54, 1.807) is 25.3 Å². The monoisotopic (exact) mass is 443 g/mol. The van der Waals surface area contributed by atoms with Crippen molar-refractivity contribution in [2.24, 2.45) is 0 Å². The molecule has 28 heavy (non-hydrogen) atoms. The number of nitriles is 1. The molecule has 7 heteroatoms. The third-order valence-corrected chi connectivity index (χ3v) is 4.28. The van der Waals surface area contributed by atoms with Crippen molar-refractivity contribution < 1.29 is 14.3 Å². The Morgan fingerprint density at radius 2 is 2.04 bits per heavy atom. The summed E-state index contributed by atoms with van der Waals surface area (Å²) in [6.07, 6.45) is 4.13. The van der Waals surface area contributed by atoms with Crippen molar-refractivity contribution in [3.05, 3.63) is 63.9 Å². The maximum Gasteiger partial charge on any atom is 0.262 e. The Balaban J connectivity index is 1.73. The number of rotatable bonds is 10. The van der Waals surface area contributed by atoms with Gasteiger partial charge >= 0.3 is 0 Å². The number of aryl methyl sites for hydroxylation is 1. The fourth-order valence-corrected chi connectivity index (χ4v) is 2.79. The van der Waals surface area contributed by atoms with E-state index in [2.05, 4.69) is 26.2 Å². The number of carbonyl (C=O) groups excluding carboxylic acids is 1. The molecule has 1 aromatic carbocycles. The summed E-state index contributed by atoms with van der Waals surface area (Å²) in [7, 11) is 1.58. The van der Waals surface area contributed by atoms with Crippen molar-refractivity contribution in [1.82, 2.24) is 10.3 Å². The summed E-state index contributed by atoms with van der Waals surface area (Å²) < 4.78 is 10.9. The molecular weight excluding hydrogens is 422 g/mol. The second kappa shape index (κ2) is 11.9. The maximum atomic E-state index is 12.2. The highest BCUT2D eigenvalue weighted by Gasteiger charge is 2.08. The first-order chi connectivity index (χ1) is 13.6. The molecule has 0 radical (unpaired) electrons. The minimum atomic E-state index is -0.385. The fourth-order valence-electron chi connectivity index (χ4n) is 2.43. The Kier molecular flexibility index (Phi) is 9.19. The summed E-state index contributed by atoms with van der Waals surface area (Å²) in [6.45, 7) is 0.745. The molecule has 0 aliphatic carbocycles. The third kappa shape index (κ3) is 7.51. The molecule has 6 nitrogen and oxygen atoms in total. The van der Waals surface area contributed by atoms with Crippen LogP contribution in [-0.2, 0) is 16.0 Å². The van der Waals surface area contributed by atoms with Gasteiger partial charge in [-0.05, 0) is 71.1 Å². The highest BCUT2D eigenvalue weighted by molar-refractivity contribution is 9.10. The lowest BCUT2D eigenvalue weighted by molar-refractivity contribution is -0.117. The van der Waals surface area contributed by atoms with Gasteiger partial charge in [-0.25, -0.2) is 4.98 Å². The highest BCUT2D eigenvalue weighted by Crippen LogP contribution is 2.14. The van der Waals surface area contributed by atoms with Crippen LogP contribution in [-0.4, -0.2) is 31.3 Å². The van der Waals surface area contributed by atoms with Crippen molar-refractivity contribution in [3.8, 4) is 11.8 Å². The van der Waals surface area contributed by atoms with Gasteiger partial charge in [0.05, 0.1) is 5.69 Å². The highest BCUT2D eigenvalue weighted by atomic mass is 79.9. The maximum absolute atomic E-state index is 12.2. The number of halogens is 1. The van der Waals surface area contributed by atoms with Crippen molar-refractivity contribution in [2.45, 2.75) is 19.3 Å². The Hall–Kier alpha value is -2.69. The molecule has 2 aromatic rings. The molecule has 0 atom stereocenters. The van der Waals surface area contributed by atoms with Crippen LogP contribution < -0.4 is 10.1 Å². The lowest BCUT2D eigenvalue weighted by atomic mass is 10.1. The Labute approximate surface area is 173 Å². The van der Waals surface area contributed by atoms with Gasteiger partial charge in [0.2, 0.25) is 0 Å². The first kappa shape index (κ1) is 21.6. The van der Waals surface area contributed by atoms with Crippen LogP contribution in [0, 0.1) is 11.3 Å². The minimum absolute atomic E-state index is 0.0391. The molecule has 1 amide bonds. The Morgan fingerprint density at radius 1 is 1.25 bits per heavy atom. The van der Waals surface area contributed by atoms with Crippen LogP contribution in [0.1, 0.15) is 24.1 Å². The van der Waals surface area contributed by atoms with E-state index in [0.29, 0.717) is 16.8 Å². The van der Waals surface area contributed by atoms with E-state index in [-0.39, 0.29) is 18.3 Å². The number of nitrogens with one attached hydrogen (secondary N) is 1. The topological polar surface area (TPSA) is 84.2 Å². The number of aromatic nitrogens is 1. The molecule has 1 N–H and O–H groups in total. The number of pyridine rings is 1. The van der Waals surface area contributed by atoms with Crippen molar-refractivity contribution >= 4 is 27.9 Å². The molecule has 0 aliphatic heterocycles. The number of hydrogen-bond acceptors (Lipinski definition) is 5. The molecule has 1 heterocycles. The van der Waals surface area contributed by atoms with Gasteiger partial charge in [-0.1, -0.05) is 18.2 Å². The normalized spacial score (nSPS) is 11.0. The minimum Gasteiger partial charge on any atom is -0.468 e. The summed E-state index contributed by atoms with van der Waals surface area (Å²) in [5.41, 5.74) is 1.80. The fraction of sp³-hybridized carbons (Fsp3) is 0.286. The van der Waals surface area contributed by atoms with Gasteiger partial charge in [0, 0.05) is 13.7 Å². The molecule has 0 aliphatic rings. The molecule has 146 valence electrons. The molecule has 2 rings (SSSR count). The zero-order valence-electron chi connectivity index (χ0n) is 15.7. The molecule has 0 saturated heterocycles. The average Bonchev–Trinajstić information content (AvgIpc) is 2.71. The van der Waals surface area contributed by atoms with E-state index in [1.165, 1.54) is 11.6 Å². The molecule has 0 unspecified atom stereocenters. The van der Waals surface area contributed by atoms with Gasteiger partial charge in [0.25, 0.3) is 5.91 Å². The first-order valence-electron chi connectivity index (χ1n) is 8.85. The largest absolute Gasteiger partial charge is 0.468 e.